The first-order valence-electron chi connectivity index (χ1n) is 4.49. The predicted octanol–water partition coefficient (Wildman–Crippen LogP) is 4.89. The molecule has 0 unspecified atom stereocenters. The lowest BCUT2D eigenvalue weighted by atomic mass is 10.3. The average molecular weight is 318 g/mol. The second-order valence-corrected chi connectivity index (χ2v) is 4.77. The molecule has 0 fully saturated rings. The first-order chi connectivity index (χ1) is 7.65. The fourth-order valence-electron chi connectivity index (χ4n) is 1.22. The van der Waals surface area contributed by atoms with Crippen LogP contribution in [0.4, 0.5) is 11.4 Å². The van der Waals surface area contributed by atoms with Crippen molar-refractivity contribution in [2.75, 3.05) is 5.32 Å². The monoisotopic (exact) mass is 316 g/mol. The van der Waals surface area contributed by atoms with Gasteiger partial charge in [0.2, 0.25) is 0 Å². The van der Waals surface area contributed by atoms with Crippen LogP contribution in [-0.4, -0.2) is 4.98 Å². The van der Waals surface area contributed by atoms with E-state index in [1.54, 1.807) is 12.3 Å². The molecule has 1 N–H and O–H groups in total. The van der Waals surface area contributed by atoms with Gasteiger partial charge in [0.1, 0.15) is 5.15 Å². The standard InChI is InChI=1S/C11H7BrCl2N2/c12-9-2-1-7(5-10(9)13)16-8-3-4-15-11(14)6-8/h1-6H,(H,15,16). The first-order valence-corrected chi connectivity index (χ1v) is 6.04. The van der Waals surface area contributed by atoms with Gasteiger partial charge in [-0.1, -0.05) is 23.2 Å². The molecule has 16 heavy (non-hydrogen) atoms. The van der Waals surface area contributed by atoms with Gasteiger partial charge < -0.3 is 5.32 Å². The maximum absolute atomic E-state index is 5.99. The molecule has 1 aromatic carbocycles. The Balaban J connectivity index is 2.24. The number of rotatable bonds is 2. The first kappa shape index (κ1) is 11.7. The van der Waals surface area contributed by atoms with Crippen molar-refractivity contribution in [3.8, 4) is 0 Å². The summed E-state index contributed by atoms with van der Waals surface area (Å²) in [5.74, 6) is 0. The normalized spacial score (nSPS) is 10.2. The van der Waals surface area contributed by atoms with Gasteiger partial charge in [0.05, 0.1) is 5.02 Å². The number of pyridine rings is 1. The van der Waals surface area contributed by atoms with Gasteiger partial charge >= 0.3 is 0 Å². The number of nitrogens with zero attached hydrogens (tertiary/aromatic N) is 1. The fourth-order valence-corrected chi connectivity index (χ4v) is 1.82. The quantitative estimate of drug-likeness (QED) is 0.797. The van der Waals surface area contributed by atoms with E-state index in [9.17, 15) is 0 Å². The molecule has 0 saturated carbocycles. The zero-order chi connectivity index (χ0) is 11.5. The van der Waals surface area contributed by atoms with Gasteiger partial charge in [0, 0.05) is 22.0 Å². The highest BCUT2D eigenvalue weighted by Gasteiger charge is 2.00. The third kappa shape index (κ3) is 2.88. The highest BCUT2D eigenvalue weighted by Crippen LogP contribution is 2.27. The Morgan fingerprint density at radius 2 is 1.81 bits per heavy atom. The van der Waals surface area contributed by atoms with Gasteiger partial charge in [-0.2, -0.15) is 0 Å². The van der Waals surface area contributed by atoms with Crippen LogP contribution >= 0.6 is 39.1 Å². The molecular formula is C11H7BrCl2N2. The van der Waals surface area contributed by atoms with E-state index in [2.05, 4.69) is 26.2 Å². The van der Waals surface area contributed by atoms with Crippen molar-refractivity contribution in [2.24, 2.45) is 0 Å². The minimum atomic E-state index is 0.452. The van der Waals surface area contributed by atoms with Crippen molar-refractivity contribution in [1.29, 1.82) is 0 Å². The molecule has 5 heteroatoms. The molecule has 0 saturated heterocycles. The van der Waals surface area contributed by atoms with Crippen molar-refractivity contribution >= 4 is 50.5 Å². The molecule has 0 spiro atoms. The van der Waals surface area contributed by atoms with Gasteiger partial charge in [-0.25, -0.2) is 4.98 Å². The Morgan fingerprint density at radius 3 is 2.50 bits per heavy atom. The molecule has 0 aliphatic heterocycles. The summed E-state index contributed by atoms with van der Waals surface area (Å²) in [5.41, 5.74) is 1.77. The number of halogens is 3. The van der Waals surface area contributed by atoms with Crippen molar-refractivity contribution < 1.29 is 0 Å². The number of aromatic nitrogens is 1. The third-order valence-electron chi connectivity index (χ3n) is 1.93. The van der Waals surface area contributed by atoms with Crippen LogP contribution in [0.15, 0.2) is 41.0 Å². The average Bonchev–Trinajstić information content (AvgIpc) is 2.24. The van der Waals surface area contributed by atoms with Gasteiger partial charge in [-0.05, 0) is 46.3 Å². The van der Waals surface area contributed by atoms with Crippen LogP contribution in [0.25, 0.3) is 0 Å². The summed E-state index contributed by atoms with van der Waals surface area (Å²) >= 11 is 15.1. The minimum absolute atomic E-state index is 0.452. The zero-order valence-electron chi connectivity index (χ0n) is 8.05. The summed E-state index contributed by atoms with van der Waals surface area (Å²) in [6.07, 6.45) is 1.64. The topological polar surface area (TPSA) is 24.9 Å². The van der Waals surface area contributed by atoms with Crippen LogP contribution in [-0.2, 0) is 0 Å². The molecule has 0 aliphatic rings. The van der Waals surface area contributed by atoms with Gasteiger partial charge in [-0.15, -0.1) is 0 Å². The maximum atomic E-state index is 5.99. The van der Waals surface area contributed by atoms with Crippen molar-refractivity contribution in [3.63, 3.8) is 0 Å². The number of benzene rings is 1. The fraction of sp³-hybridized carbons (Fsp3) is 0. The van der Waals surface area contributed by atoms with Crippen molar-refractivity contribution in [1.82, 2.24) is 4.98 Å². The second kappa shape index (κ2) is 5.04. The van der Waals surface area contributed by atoms with Gasteiger partial charge in [-0.3, -0.25) is 0 Å². The molecule has 1 heterocycles. The number of nitrogens with one attached hydrogen (secondary N) is 1. The smallest absolute Gasteiger partial charge is 0.131 e. The van der Waals surface area contributed by atoms with E-state index in [-0.39, 0.29) is 0 Å². The number of anilines is 2. The van der Waals surface area contributed by atoms with Crippen LogP contribution < -0.4 is 5.32 Å². The molecule has 0 radical (unpaired) electrons. The Labute approximate surface area is 112 Å². The van der Waals surface area contributed by atoms with Crippen LogP contribution in [0.5, 0.6) is 0 Å². The van der Waals surface area contributed by atoms with Crippen molar-refractivity contribution in [3.05, 3.63) is 51.2 Å². The second-order valence-electron chi connectivity index (χ2n) is 3.12. The Morgan fingerprint density at radius 1 is 1.06 bits per heavy atom. The van der Waals surface area contributed by atoms with Crippen LogP contribution in [0.1, 0.15) is 0 Å². The molecule has 0 amide bonds. The van der Waals surface area contributed by atoms with Gasteiger partial charge in [0.15, 0.2) is 0 Å². The predicted molar refractivity (Wildman–Crippen MR) is 71.7 cm³/mol. The molecule has 1 aromatic heterocycles. The Bertz CT molecular complexity index is 517. The highest BCUT2D eigenvalue weighted by atomic mass is 79.9. The summed E-state index contributed by atoms with van der Waals surface area (Å²) in [5, 5.41) is 4.29. The molecule has 0 atom stereocenters. The highest BCUT2D eigenvalue weighted by molar-refractivity contribution is 9.10. The summed E-state index contributed by atoms with van der Waals surface area (Å²) in [7, 11) is 0. The molecule has 0 bridgehead atoms. The Kier molecular flexibility index (Phi) is 3.69. The Hall–Kier alpha value is -0.770. The molecule has 2 nitrogen and oxygen atoms in total. The van der Waals surface area contributed by atoms with E-state index < -0.39 is 0 Å². The SMILES string of the molecule is Clc1cc(Nc2ccc(Br)c(Cl)c2)ccn1. The zero-order valence-corrected chi connectivity index (χ0v) is 11.1. The number of hydrogen-bond acceptors (Lipinski definition) is 2. The lowest BCUT2D eigenvalue weighted by Crippen LogP contribution is -1.90. The van der Waals surface area contributed by atoms with E-state index >= 15 is 0 Å². The maximum Gasteiger partial charge on any atom is 0.131 e. The van der Waals surface area contributed by atoms with Crippen LogP contribution in [0.2, 0.25) is 10.2 Å². The van der Waals surface area contributed by atoms with E-state index in [0.717, 1.165) is 15.8 Å². The van der Waals surface area contributed by atoms with E-state index in [1.807, 2.05) is 24.3 Å². The summed E-state index contributed by atoms with van der Waals surface area (Å²) in [6.45, 7) is 0. The number of hydrogen-bond donors (Lipinski definition) is 1. The molecule has 2 rings (SSSR count). The lowest BCUT2D eigenvalue weighted by Gasteiger charge is -2.07. The molecule has 0 aliphatic carbocycles. The largest absolute Gasteiger partial charge is 0.355 e. The van der Waals surface area contributed by atoms with E-state index in [1.165, 1.54) is 0 Å². The molecule has 2 aromatic rings. The van der Waals surface area contributed by atoms with Crippen molar-refractivity contribution in [2.45, 2.75) is 0 Å². The van der Waals surface area contributed by atoms with Crippen LogP contribution in [0, 0.1) is 0 Å². The lowest BCUT2D eigenvalue weighted by molar-refractivity contribution is 1.32. The molecular weight excluding hydrogens is 311 g/mol. The molecule has 82 valence electrons. The summed E-state index contributed by atoms with van der Waals surface area (Å²) in [6, 6.07) is 9.22. The summed E-state index contributed by atoms with van der Waals surface area (Å²) < 4.78 is 0.868. The van der Waals surface area contributed by atoms with Gasteiger partial charge in [0.25, 0.3) is 0 Å². The minimum Gasteiger partial charge on any atom is -0.355 e. The van der Waals surface area contributed by atoms with E-state index in [0.29, 0.717) is 10.2 Å². The van der Waals surface area contributed by atoms with Crippen LogP contribution in [0.3, 0.4) is 0 Å². The third-order valence-corrected chi connectivity index (χ3v) is 3.37. The summed E-state index contributed by atoms with van der Waals surface area (Å²) in [4.78, 5) is 3.90. The van der Waals surface area contributed by atoms with E-state index in [4.69, 9.17) is 23.2 Å².